The Morgan fingerprint density at radius 1 is 0.951 bits per heavy atom. The Balaban J connectivity index is 1.71. The van der Waals surface area contributed by atoms with Crippen LogP contribution in [0.4, 0.5) is 5.69 Å². The van der Waals surface area contributed by atoms with Crippen molar-refractivity contribution in [3.8, 4) is 5.75 Å². The monoisotopic (exact) mass is 577 g/mol. The van der Waals surface area contributed by atoms with E-state index in [4.69, 9.17) is 4.74 Å². The number of hydrogen-bond acceptors (Lipinski definition) is 5. The van der Waals surface area contributed by atoms with E-state index in [0.717, 1.165) is 41.1 Å². The van der Waals surface area contributed by atoms with E-state index in [1.807, 2.05) is 38.1 Å². The van der Waals surface area contributed by atoms with Gasteiger partial charge in [-0.05, 0) is 73.7 Å². The molecule has 1 N–H and O–H groups in total. The summed E-state index contributed by atoms with van der Waals surface area (Å²) in [7, 11) is -2.58. The predicted molar refractivity (Wildman–Crippen MR) is 160 cm³/mol. The van der Waals surface area contributed by atoms with Gasteiger partial charge in [0.25, 0.3) is 10.0 Å². The van der Waals surface area contributed by atoms with Crippen molar-refractivity contribution in [1.29, 1.82) is 0 Å². The van der Waals surface area contributed by atoms with E-state index in [9.17, 15) is 18.0 Å². The average Bonchev–Trinajstić information content (AvgIpc) is 3.50. The van der Waals surface area contributed by atoms with Crippen LogP contribution in [-0.2, 0) is 26.2 Å². The smallest absolute Gasteiger partial charge is 0.264 e. The fourth-order valence-electron chi connectivity index (χ4n) is 5.25. The van der Waals surface area contributed by atoms with E-state index >= 15 is 0 Å². The standard InChI is InChI=1S/C32H39N3O5S/c1-4-30(32(37)33-26-14-10-11-15-26)34(22-25-13-9-8-12-24(25)2)31(36)23-35(27-18-20-28(40-3)21-19-27)41(38,39)29-16-6-5-7-17-29/h5-9,12-13,16-21,26,30H,4,10-11,14-15,22-23H2,1-3H3,(H,33,37)/t30-/m1/s1. The van der Waals surface area contributed by atoms with Gasteiger partial charge in [-0.3, -0.25) is 13.9 Å². The minimum absolute atomic E-state index is 0.0695. The second kappa shape index (κ2) is 13.7. The fourth-order valence-corrected chi connectivity index (χ4v) is 6.69. The maximum absolute atomic E-state index is 14.2. The van der Waals surface area contributed by atoms with Crippen LogP contribution >= 0.6 is 0 Å². The summed E-state index contributed by atoms with van der Waals surface area (Å²) >= 11 is 0. The lowest BCUT2D eigenvalue weighted by molar-refractivity contribution is -0.140. The number of anilines is 1. The first-order valence-electron chi connectivity index (χ1n) is 14.1. The second-order valence-electron chi connectivity index (χ2n) is 10.4. The van der Waals surface area contributed by atoms with Gasteiger partial charge in [0, 0.05) is 12.6 Å². The number of carbonyl (C=O) groups is 2. The molecule has 0 aliphatic heterocycles. The summed E-state index contributed by atoms with van der Waals surface area (Å²) in [5.41, 5.74) is 2.21. The lowest BCUT2D eigenvalue weighted by Crippen LogP contribution is -2.53. The molecule has 1 fully saturated rings. The van der Waals surface area contributed by atoms with Gasteiger partial charge in [-0.1, -0.05) is 62.2 Å². The van der Waals surface area contributed by atoms with Crippen LogP contribution in [0.2, 0.25) is 0 Å². The molecule has 1 aliphatic carbocycles. The molecule has 0 bridgehead atoms. The number of aryl methyl sites for hydroxylation is 1. The third kappa shape index (κ3) is 7.27. The van der Waals surface area contributed by atoms with Crippen molar-refractivity contribution in [3.05, 3.63) is 90.0 Å². The molecule has 0 saturated heterocycles. The molecule has 1 aliphatic rings. The molecule has 3 aromatic carbocycles. The lowest BCUT2D eigenvalue weighted by Gasteiger charge is -2.34. The molecule has 0 radical (unpaired) electrons. The molecule has 9 heteroatoms. The molecule has 4 rings (SSSR count). The number of sulfonamides is 1. The van der Waals surface area contributed by atoms with Crippen molar-refractivity contribution in [3.63, 3.8) is 0 Å². The first kappa shape index (κ1) is 30.1. The van der Waals surface area contributed by atoms with Gasteiger partial charge >= 0.3 is 0 Å². The molecule has 1 atom stereocenters. The largest absolute Gasteiger partial charge is 0.497 e. The van der Waals surface area contributed by atoms with Crippen molar-refractivity contribution in [2.75, 3.05) is 18.0 Å². The molecular weight excluding hydrogens is 538 g/mol. The van der Waals surface area contributed by atoms with Gasteiger partial charge in [-0.2, -0.15) is 0 Å². The maximum Gasteiger partial charge on any atom is 0.264 e. The van der Waals surface area contributed by atoms with Crippen LogP contribution in [0.15, 0.2) is 83.8 Å². The normalized spacial score (nSPS) is 14.3. The minimum atomic E-state index is -4.11. The number of amides is 2. The second-order valence-corrected chi connectivity index (χ2v) is 12.2. The molecule has 41 heavy (non-hydrogen) atoms. The molecule has 0 heterocycles. The molecule has 3 aromatic rings. The summed E-state index contributed by atoms with van der Waals surface area (Å²) in [6, 6.07) is 21.6. The van der Waals surface area contributed by atoms with Crippen molar-refractivity contribution in [2.45, 2.75) is 69.5 Å². The zero-order valence-electron chi connectivity index (χ0n) is 24.0. The van der Waals surface area contributed by atoms with Crippen LogP contribution in [0, 0.1) is 6.92 Å². The van der Waals surface area contributed by atoms with E-state index in [0.29, 0.717) is 17.9 Å². The first-order valence-corrected chi connectivity index (χ1v) is 15.5. The number of nitrogens with one attached hydrogen (secondary N) is 1. The number of rotatable bonds is 12. The summed E-state index contributed by atoms with van der Waals surface area (Å²) in [5.74, 6) is -0.104. The molecule has 8 nitrogen and oxygen atoms in total. The Hall–Kier alpha value is -3.85. The number of hydrogen-bond donors (Lipinski definition) is 1. The summed E-state index contributed by atoms with van der Waals surface area (Å²) < 4.78 is 34.2. The number of benzene rings is 3. The highest BCUT2D eigenvalue weighted by Crippen LogP contribution is 2.27. The van der Waals surface area contributed by atoms with Crippen LogP contribution in [0.25, 0.3) is 0 Å². The van der Waals surface area contributed by atoms with E-state index in [1.165, 1.54) is 24.1 Å². The molecule has 2 amide bonds. The molecule has 218 valence electrons. The van der Waals surface area contributed by atoms with Crippen LogP contribution in [0.5, 0.6) is 5.75 Å². The fraction of sp³-hybridized carbons (Fsp3) is 0.375. The summed E-state index contributed by atoms with van der Waals surface area (Å²) in [6.07, 6.45) is 4.39. The van der Waals surface area contributed by atoms with E-state index in [-0.39, 0.29) is 23.4 Å². The van der Waals surface area contributed by atoms with E-state index < -0.39 is 28.5 Å². The van der Waals surface area contributed by atoms with Crippen molar-refractivity contribution in [1.82, 2.24) is 10.2 Å². The van der Waals surface area contributed by atoms with Gasteiger partial charge in [0.05, 0.1) is 17.7 Å². The Labute approximate surface area is 243 Å². The Morgan fingerprint density at radius 2 is 1.59 bits per heavy atom. The van der Waals surface area contributed by atoms with Gasteiger partial charge in [0.1, 0.15) is 18.3 Å². The number of nitrogens with zero attached hydrogens (tertiary/aromatic N) is 2. The SMILES string of the molecule is CC[C@H](C(=O)NC1CCCC1)N(Cc1ccccc1C)C(=O)CN(c1ccc(OC)cc1)S(=O)(=O)c1ccccc1. The highest BCUT2D eigenvalue weighted by atomic mass is 32.2. The van der Waals surface area contributed by atoms with Gasteiger partial charge in [-0.25, -0.2) is 8.42 Å². The minimum Gasteiger partial charge on any atom is -0.497 e. The highest BCUT2D eigenvalue weighted by Gasteiger charge is 2.34. The Bertz CT molecular complexity index is 1420. The third-order valence-electron chi connectivity index (χ3n) is 7.66. The highest BCUT2D eigenvalue weighted by molar-refractivity contribution is 7.92. The van der Waals surface area contributed by atoms with Crippen LogP contribution in [0.1, 0.15) is 50.2 Å². The van der Waals surface area contributed by atoms with Crippen molar-refractivity contribution >= 4 is 27.5 Å². The van der Waals surface area contributed by atoms with Crippen molar-refractivity contribution in [2.24, 2.45) is 0 Å². The topological polar surface area (TPSA) is 96.0 Å². The lowest BCUT2D eigenvalue weighted by atomic mass is 10.1. The third-order valence-corrected chi connectivity index (χ3v) is 9.45. The Morgan fingerprint density at radius 3 is 2.20 bits per heavy atom. The zero-order valence-corrected chi connectivity index (χ0v) is 24.8. The molecule has 0 unspecified atom stereocenters. The number of ether oxygens (including phenoxy) is 1. The summed E-state index contributed by atoms with van der Waals surface area (Å²) in [6.45, 7) is 3.55. The molecular formula is C32H39N3O5S. The van der Waals surface area contributed by atoms with E-state index in [2.05, 4.69) is 5.32 Å². The Kier molecular flexibility index (Phi) is 10.0. The van der Waals surface area contributed by atoms with Gasteiger partial charge in [0.2, 0.25) is 11.8 Å². The van der Waals surface area contributed by atoms with Gasteiger partial charge in [0.15, 0.2) is 0 Å². The number of methoxy groups -OCH3 is 1. The quantitative estimate of drug-likeness (QED) is 0.325. The average molecular weight is 578 g/mol. The van der Waals surface area contributed by atoms with Crippen LogP contribution in [0.3, 0.4) is 0 Å². The number of carbonyl (C=O) groups excluding carboxylic acids is 2. The zero-order chi connectivity index (χ0) is 29.4. The maximum atomic E-state index is 14.2. The first-order chi connectivity index (χ1) is 19.7. The van der Waals surface area contributed by atoms with Crippen molar-refractivity contribution < 1.29 is 22.7 Å². The molecule has 0 spiro atoms. The summed E-state index contributed by atoms with van der Waals surface area (Å²) in [4.78, 5) is 29.3. The van der Waals surface area contributed by atoms with Gasteiger partial charge < -0.3 is 15.0 Å². The van der Waals surface area contributed by atoms with Crippen LogP contribution in [-0.4, -0.2) is 50.9 Å². The van der Waals surface area contributed by atoms with Gasteiger partial charge in [-0.15, -0.1) is 0 Å². The predicted octanol–water partition coefficient (Wildman–Crippen LogP) is 5.07. The molecule has 1 saturated carbocycles. The van der Waals surface area contributed by atoms with E-state index in [1.54, 1.807) is 42.5 Å². The molecule has 0 aromatic heterocycles. The summed E-state index contributed by atoms with van der Waals surface area (Å²) in [5, 5.41) is 3.14. The van der Waals surface area contributed by atoms with Crippen LogP contribution < -0.4 is 14.4 Å².